The first-order valence-corrected chi connectivity index (χ1v) is 13.2. The Hall–Kier alpha value is -3.05. The van der Waals surface area contributed by atoms with Crippen molar-refractivity contribution in [3.8, 4) is 11.4 Å². The van der Waals surface area contributed by atoms with E-state index in [1.807, 2.05) is 0 Å². The van der Waals surface area contributed by atoms with Gasteiger partial charge < -0.3 is 14.4 Å². The first-order chi connectivity index (χ1) is 18.7. The van der Waals surface area contributed by atoms with Gasteiger partial charge in [0, 0.05) is 44.7 Å². The molecular weight excluding hydrogens is 519 g/mol. The number of aromatic nitrogens is 3. The van der Waals surface area contributed by atoms with Crippen LogP contribution in [0.3, 0.4) is 0 Å². The van der Waals surface area contributed by atoms with Gasteiger partial charge in [-0.25, -0.2) is 9.97 Å². The fourth-order valence-corrected chi connectivity index (χ4v) is 5.22. The summed E-state index contributed by atoms with van der Waals surface area (Å²) in [6.07, 6.45) is 2.87. The number of rotatable bonds is 7. The Bertz CT molecular complexity index is 1290. The lowest BCUT2D eigenvalue weighted by Gasteiger charge is -2.35. The Balaban J connectivity index is 1.33. The maximum Gasteiger partial charge on any atom is 0.461 e. The number of ether oxygens (including phenoxy) is 2. The van der Waals surface area contributed by atoms with Crippen LogP contribution in [0.1, 0.15) is 44.0 Å². The quantitative estimate of drug-likeness (QED) is 0.320. The highest BCUT2D eigenvalue weighted by atomic mass is 19.4. The van der Waals surface area contributed by atoms with E-state index in [-0.39, 0.29) is 23.0 Å². The smallest absolute Gasteiger partial charge is 0.461 e. The van der Waals surface area contributed by atoms with Crippen molar-refractivity contribution in [2.45, 2.75) is 50.8 Å². The molecule has 2 fully saturated rings. The SMILES string of the molecule is CC=Cc1cnc2c(c1)nc(C(F)(F)C(F)(F)F)n2-c1ccc(OC2CCN(CC3CCOCC3)CC2)cc1. The van der Waals surface area contributed by atoms with Crippen molar-refractivity contribution in [3.05, 3.63) is 54.0 Å². The second kappa shape index (κ2) is 11.2. The standard InChI is InChI=1S/C28H31F5N4O2/c1-2-3-20-16-24-25(34-17-20)37(26(35-24)27(29,30)28(31,32)33)21-4-6-22(7-5-21)39-23-8-12-36(13-9-23)18-19-10-14-38-15-11-19/h2-7,16-17,19,23H,8-15,18H2,1H3. The minimum Gasteiger partial charge on any atom is -0.490 e. The Kier molecular flexibility index (Phi) is 7.91. The molecule has 2 aliphatic rings. The summed E-state index contributed by atoms with van der Waals surface area (Å²) in [5.41, 5.74) is 0.477. The van der Waals surface area contributed by atoms with Gasteiger partial charge in [0.25, 0.3) is 0 Å². The van der Waals surface area contributed by atoms with E-state index in [1.54, 1.807) is 31.2 Å². The molecule has 11 heteroatoms. The van der Waals surface area contributed by atoms with Gasteiger partial charge in [0.05, 0.1) is 0 Å². The molecule has 0 radical (unpaired) electrons. The third-order valence-corrected chi connectivity index (χ3v) is 7.30. The van der Waals surface area contributed by atoms with E-state index in [9.17, 15) is 22.0 Å². The first kappa shape index (κ1) is 27.5. The second-order valence-electron chi connectivity index (χ2n) is 10.1. The van der Waals surface area contributed by atoms with Crippen LogP contribution in [0.15, 0.2) is 42.6 Å². The molecule has 4 heterocycles. The molecule has 0 amide bonds. The van der Waals surface area contributed by atoms with E-state index in [1.165, 1.54) is 24.4 Å². The average molecular weight is 551 g/mol. The Labute approximate surface area is 223 Å². The molecule has 0 saturated carbocycles. The predicted molar refractivity (Wildman–Crippen MR) is 137 cm³/mol. The van der Waals surface area contributed by atoms with Crippen LogP contribution in [0.4, 0.5) is 22.0 Å². The van der Waals surface area contributed by atoms with Crippen LogP contribution in [-0.4, -0.2) is 64.6 Å². The van der Waals surface area contributed by atoms with E-state index >= 15 is 0 Å². The van der Waals surface area contributed by atoms with Gasteiger partial charge in [-0.05, 0) is 74.4 Å². The summed E-state index contributed by atoms with van der Waals surface area (Å²) in [4.78, 5) is 10.3. The molecule has 2 aliphatic heterocycles. The van der Waals surface area contributed by atoms with E-state index in [2.05, 4.69) is 14.9 Å². The molecule has 2 aromatic heterocycles. The van der Waals surface area contributed by atoms with Crippen LogP contribution in [0.5, 0.6) is 5.75 Å². The summed E-state index contributed by atoms with van der Waals surface area (Å²) >= 11 is 0. The maximum atomic E-state index is 14.6. The van der Waals surface area contributed by atoms with Gasteiger partial charge in [-0.1, -0.05) is 12.2 Å². The monoisotopic (exact) mass is 550 g/mol. The fraction of sp³-hybridized carbons (Fsp3) is 0.500. The molecule has 0 N–H and O–H groups in total. The minimum atomic E-state index is -5.82. The first-order valence-electron chi connectivity index (χ1n) is 13.2. The van der Waals surface area contributed by atoms with Gasteiger partial charge in [0.1, 0.15) is 17.4 Å². The summed E-state index contributed by atoms with van der Waals surface area (Å²) in [5.74, 6) is -5.41. The van der Waals surface area contributed by atoms with Crippen molar-refractivity contribution in [2.24, 2.45) is 5.92 Å². The Morgan fingerprint density at radius 1 is 1.03 bits per heavy atom. The normalized spacial score (nSPS) is 18.8. The molecule has 0 aliphatic carbocycles. The van der Waals surface area contributed by atoms with Gasteiger partial charge in [-0.2, -0.15) is 22.0 Å². The zero-order valence-corrected chi connectivity index (χ0v) is 21.6. The molecule has 0 spiro atoms. The minimum absolute atomic E-state index is 0.00713. The number of halogens is 5. The van der Waals surface area contributed by atoms with Gasteiger partial charge in [0.2, 0.25) is 0 Å². The average Bonchev–Trinajstić information content (AvgIpc) is 3.30. The maximum absolute atomic E-state index is 14.6. The van der Waals surface area contributed by atoms with Gasteiger partial charge in [-0.15, -0.1) is 0 Å². The van der Waals surface area contributed by atoms with E-state index in [4.69, 9.17) is 9.47 Å². The highest BCUT2D eigenvalue weighted by Crippen LogP contribution is 2.45. The number of hydrogen-bond donors (Lipinski definition) is 0. The lowest BCUT2D eigenvalue weighted by Crippen LogP contribution is -2.41. The van der Waals surface area contributed by atoms with Crippen molar-refractivity contribution in [1.82, 2.24) is 19.4 Å². The molecule has 2 saturated heterocycles. The van der Waals surface area contributed by atoms with Gasteiger partial charge in [-0.3, -0.25) is 4.57 Å². The highest BCUT2D eigenvalue weighted by molar-refractivity contribution is 5.77. The number of nitrogens with zero attached hydrogens (tertiary/aromatic N) is 4. The zero-order valence-electron chi connectivity index (χ0n) is 21.6. The van der Waals surface area contributed by atoms with E-state index in [0.29, 0.717) is 17.2 Å². The van der Waals surface area contributed by atoms with Crippen LogP contribution in [0, 0.1) is 5.92 Å². The number of alkyl halides is 5. The summed E-state index contributed by atoms with van der Waals surface area (Å²) in [6.45, 7) is 6.34. The molecule has 39 heavy (non-hydrogen) atoms. The number of allylic oxidation sites excluding steroid dienone is 1. The van der Waals surface area contributed by atoms with E-state index in [0.717, 1.165) is 63.1 Å². The second-order valence-corrected chi connectivity index (χ2v) is 10.1. The molecular formula is C28H31F5N4O2. The van der Waals surface area contributed by atoms with Crippen molar-refractivity contribution in [1.29, 1.82) is 0 Å². The van der Waals surface area contributed by atoms with Crippen LogP contribution < -0.4 is 4.74 Å². The number of imidazole rings is 1. The summed E-state index contributed by atoms with van der Waals surface area (Å²) in [7, 11) is 0. The van der Waals surface area contributed by atoms with Crippen LogP contribution >= 0.6 is 0 Å². The Morgan fingerprint density at radius 3 is 2.36 bits per heavy atom. The largest absolute Gasteiger partial charge is 0.490 e. The molecule has 3 aromatic rings. The number of hydrogen-bond acceptors (Lipinski definition) is 5. The lowest BCUT2D eigenvalue weighted by atomic mass is 9.98. The van der Waals surface area contributed by atoms with Crippen LogP contribution in [-0.2, 0) is 10.7 Å². The highest BCUT2D eigenvalue weighted by Gasteiger charge is 2.62. The number of likely N-dealkylation sites (tertiary alicyclic amines) is 1. The third-order valence-electron chi connectivity index (χ3n) is 7.30. The summed E-state index contributed by atoms with van der Waals surface area (Å²) in [6, 6.07) is 7.50. The van der Waals surface area contributed by atoms with Crippen LogP contribution in [0.2, 0.25) is 0 Å². The number of benzene rings is 1. The number of pyridine rings is 1. The fourth-order valence-electron chi connectivity index (χ4n) is 5.22. The van der Waals surface area contributed by atoms with Crippen molar-refractivity contribution >= 4 is 17.2 Å². The predicted octanol–water partition coefficient (Wildman–Crippen LogP) is 6.38. The molecule has 0 unspecified atom stereocenters. The third kappa shape index (κ3) is 5.94. The van der Waals surface area contributed by atoms with Crippen LogP contribution in [0.25, 0.3) is 22.9 Å². The topological polar surface area (TPSA) is 52.4 Å². The van der Waals surface area contributed by atoms with Crippen molar-refractivity contribution in [2.75, 3.05) is 32.8 Å². The summed E-state index contributed by atoms with van der Waals surface area (Å²) < 4.78 is 81.6. The molecule has 6 nitrogen and oxygen atoms in total. The van der Waals surface area contributed by atoms with Crippen molar-refractivity contribution in [3.63, 3.8) is 0 Å². The Morgan fingerprint density at radius 2 is 1.72 bits per heavy atom. The summed E-state index contributed by atoms with van der Waals surface area (Å²) in [5, 5.41) is 0. The molecule has 0 bridgehead atoms. The number of fused-ring (bicyclic) bond motifs is 1. The van der Waals surface area contributed by atoms with Gasteiger partial charge in [0.15, 0.2) is 11.5 Å². The van der Waals surface area contributed by atoms with Gasteiger partial charge >= 0.3 is 12.1 Å². The number of piperidine rings is 1. The van der Waals surface area contributed by atoms with Crippen molar-refractivity contribution < 1.29 is 31.4 Å². The molecule has 0 atom stereocenters. The van der Waals surface area contributed by atoms with E-state index < -0.39 is 17.9 Å². The molecule has 1 aromatic carbocycles. The molecule has 210 valence electrons. The molecule has 5 rings (SSSR count). The lowest BCUT2D eigenvalue weighted by molar-refractivity contribution is -0.292. The zero-order chi connectivity index (χ0) is 27.6.